The van der Waals surface area contributed by atoms with Gasteiger partial charge in [0, 0.05) is 21.7 Å². The number of hydrogen-bond acceptors (Lipinski definition) is 2. The van der Waals surface area contributed by atoms with Crippen molar-refractivity contribution in [2.24, 2.45) is 0 Å². The Hall–Kier alpha value is -0.960. The molecule has 0 aliphatic rings. The molecule has 1 atom stereocenters. The summed E-state index contributed by atoms with van der Waals surface area (Å²) in [6, 6.07) is 17.3. The molecule has 2 aromatic rings. The molecule has 1 unspecified atom stereocenters. The summed E-state index contributed by atoms with van der Waals surface area (Å²) < 4.78 is 0. The van der Waals surface area contributed by atoms with Gasteiger partial charge in [0.05, 0.1) is 0 Å². The minimum Gasteiger partial charge on any atom is -0.310 e. The monoisotopic (exact) mass is 319 g/mol. The van der Waals surface area contributed by atoms with Crippen LogP contribution in [0.25, 0.3) is 0 Å². The van der Waals surface area contributed by atoms with Gasteiger partial charge in [-0.15, -0.1) is 11.8 Å². The first-order valence-electron chi connectivity index (χ1n) is 7.39. The van der Waals surface area contributed by atoms with Gasteiger partial charge in [-0.2, -0.15) is 0 Å². The number of thioether (sulfide) groups is 1. The van der Waals surface area contributed by atoms with Crippen molar-refractivity contribution in [3.8, 4) is 0 Å². The largest absolute Gasteiger partial charge is 0.310 e. The molecule has 2 aromatic carbocycles. The average Bonchev–Trinajstić information content (AvgIpc) is 2.52. The van der Waals surface area contributed by atoms with Crippen molar-refractivity contribution in [2.75, 3.05) is 6.54 Å². The maximum atomic E-state index is 5.90. The molecular weight excluding hydrogens is 298 g/mol. The van der Waals surface area contributed by atoms with E-state index in [2.05, 4.69) is 55.6 Å². The maximum absolute atomic E-state index is 5.90. The van der Waals surface area contributed by atoms with Crippen LogP contribution < -0.4 is 5.32 Å². The molecule has 1 nitrogen and oxygen atoms in total. The lowest BCUT2D eigenvalue weighted by Gasteiger charge is -2.14. The van der Waals surface area contributed by atoms with E-state index in [-0.39, 0.29) is 0 Å². The number of rotatable bonds is 7. The molecule has 0 aliphatic carbocycles. The minimum atomic E-state index is 0.417. The van der Waals surface area contributed by atoms with E-state index in [0.29, 0.717) is 6.04 Å². The zero-order valence-electron chi connectivity index (χ0n) is 12.6. The van der Waals surface area contributed by atoms with Gasteiger partial charge in [-0.3, -0.25) is 0 Å². The van der Waals surface area contributed by atoms with Gasteiger partial charge in [-0.25, -0.2) is 0 Å². The van der Waals surface area contributed by atoms with Crippen molar-refractivity contribution in [1.82, 2.24) is 5.32 Å². The average molecular weight is 320 g/mol. The van der Waals surface area contributed by atoms with E-state index in [9.17, 15) is 0 Å². The molecule has 2 rings (SSSR count). The lowest BCUT2D eigenvalue weighted by molar-refractivity contribution is 0.570. The third kappa shape index (κ3) is 5.39. The van der Waals surface area contributed by atoms with Crippen molar-refractivity contribution < 1.29 is 0 Å². The molecule has 0 aliphatic heterocycles. The van der Waals surface area contributed by atoms with Crippen molar-refractivity contribution in [2.45, 2.75) is 37.0 Å². The molecule has 0 aromatic heterocycles. The number of benzene rings is 2. The first kappa shape index (κ1) is 16.4. The molecule has 112 valence electrons. The predicted molar refractivity (Wildman–Crippen MR) is 94.2 cm³/mol. The SMILES string of the molecule is CCCNC(C)c1ccc(SCc2ccc(Cl)cc2)cc1. The fourth-order valence-corrected chi connectivity index (χ4v) is 3.06. The van der Waals surface area contributed by atoms with E-state index in [1.165, 1.54) is 22.4 Å². The summed E-state index contributed by atoms with van der Waals surface area (Å²) in [5, 5.41) is 4.31. The standard InChI is InChI=1S/C18H22ClNS/c1-3-12-20-14(2)16-6-10-18(11-7-16)21-13-15-4-8-17(19)9-5-15/h4-11,14,20H,3,12-13H2,1-2H3. The van der Waals surface area contributed by atoms with Gasteiger partial charge >= 0.3 is 0 Å². The zero-order chi connectivity index (χ0) is 15.1. The van der Waals surface area contributed by atoms with Crippen LogP contribution in [-0.2, 0) is 5.75 Å². The van der Waals surface area contributed by atoms with Crippen LogP contribution in [-0.4, -0.2) is 6.54 Å². The van der Waals surface area contributed by atoms with Gasteiger partial charge in [0.2, 0.25) is 0 Å². The highest BCUT2D eigenvalue weighted by molar-refractivity contribution is 7.98. The fourth-order valence-electron chi connectivity index (χ4n) is 2.08. The Morgan fingerprint density at radius 2 is 1.71 bits per heavy atom. The lowest BCUT2D eigenvalue weighted by atomic mass is 10.1. The third-order valence-corrected chi connectivity index (χ3v) is 4.73. The van der Waals surface area contributed by atoms with E-state index in [0.717, 1.165) is 17.3 Å². The predicted octanol–water partition coefficient (Wildman–Crippen LogP) is 5.69. The molecule has 3 heteroatoms. The molecule has 0 radical (unpaired) electrons. The second-order valence-electron chi connectivity index (χ2n) is 5.16. The van der Waals surface area contributed by atoms with Gasteiger partial charge < -0.3 is 5.32 Å². The quantitative estimate of drug-likeness (QED) is 0.658. The minimum absolute atomic E-state index is 0.417. The van der Waals surface area contributed by atoms with Crippen LogP contribution in [0.15, 0.2) is 53.4 Å². The Labute approximate surface area is 137 Å². The number of halogens is 1. The van der Waals surface area contributed by atoms with E-state index in [4.69, 9.17) is 11.6 Å². The topological polar surface area (TPSA) is 12.0 Å². The Kier molecular flexibility index (Phi) is 6.62. The van der Waals surface area contributed by atoms with Crippen molar-refractivity contribution in [3.05, 3.63) is 64.7 Å². The summed E-state index contributed by atoms with van der Waals surface area (Å²) in [7, 11) is 0. The van der Waals surface area contributed by atoms with E-state index in [1.54, 1.807) is 0 Å². The van der Waals surface area contributed by atoms with Crippen LogP contribution in [0.3, 0.4) is 0 Å². The highest BCUT2D eigenvalue weighted by Gasteiger charge is 2.04. The van der Waals surface area contributed by atoms with Crippen LogP contribution in [0.2, 0.25) is 5.02 Å². The molecule has 0 saturated carbocycles. The highest BCUT2D eigenvalue weighted by atomic mass is 35.5. The zero-order valence-corrected chi connectivity index (χ0v) is 14.2. The molecule has 0 amide bonds. The summed E-state index contributed by atoms with van der Waals surface area (Å²) in [6.45, 7) is 5.47. The first-order chi connectivity index (χ1) is 10.2. The van der Waals surface area contributed by atoms with Crippen molar-refractivity contribution >= 4 is 23.4 Å². The maximum Gasteiger partial charge on any atom is 0.0406 e. The van der Waals surface area contributed by atoms with Crippen molar-refractivity contribution in [1.29, 1.82) is 0 Å². The van der Waals surface area contributed by atoms with Crippen LogP contribution >= 0.6 is 23.4 Å². The van der Waals surface area contributed by atoms with E-state index >= 15 is 0 Å². The summed E-state index contributed by atoms with van der Waals surface area (Å²) in [5.74, 6) is 0.972. The molecule has 0 heterocycles. The molecule has 1 N–H and O–H groups in total. The van der Waals surface area contributed by atoms with Crippen LogP contribution in [0.1, 0.15) is 37.4 Å². The normalized spacial score (nSPS) is 12.3. The Bertz CT molecular complexity index is 536. The van der Waals surface area contributed by atoms with Gasteiger partial charge in [0.25, 0.3) is 0 Å². The Morgan fingerprint density at radius 1 is 1.05 bits per heavy atom. The highest BCUT2D eigenvalue weighted by Crippen LogP contribution is 2.25. The number of hydrogen-bond donors (Lipinski definition) is 1. The second kappa shape index (κ2) is 8.47. The Morgan fingerprint density at radius 3 is 2.33 bits per heavy atom. The lowest BCUT2D eigenvalue weighted by Crippen LogP contribution is -2.19. The molecule has 21 heavy (non-hydrogen) atoms. The summed E-state index contributed by atoms with van der Waals surface area (Å²) in [6.07, 6.45) is 1.17. The molecular formula is C18H22ClNS. The summed E-state index contributed by atoms with van der Waals surface area (Å²) >= 11 is 7.75. The van der Waals surface area contributed by atoms with Gasteiger partial charge in [-0.05, 0) is 55.3 Å². The first-order valence-corrected chi connectivity index (χ1v) is 8.76. The van der Waals surface area contributed by atoms with Gasteiger partial charge in [-0.1, -0.05) is 42.8 Å². The van der Waals surface area contributed by atoms with Crippen LogP contribution in [0.5, 0.6) is 0 Å². The van der Waals surface area contributed by atoms with Gasteiger partial charge in [0.15, 0.2) is 0 Å². The summed E-state index contributed by atoms with van der Waals surface area (Å²) in [4.78, 5) is 1.30. The van der Waals surface area contributed by atoms with Gasteiger partial charge in [0.1, 0.15) is 0 Å². The molecule has 0 bridgehead atoms. The molecule has 0 fully saturated rings. The van der Waals surface area contributed by atoms with E-state index in [1.807, 2.05) is 23.9 Å². The third-order valence-electron chi connectivity index (χ3n) is 3.40. The van der Waals surface area contributed by atoms with Crippen LogP contribution in [0.4, 0.5) is 0 Å². The van der Waals surface area contributed by atoms with E-state index < -0.39 is 0 Å². The molecule has 0 spiro atoms. The number of nitrogens with one attached hydrogen (secondary N) is 1. The summed E-state index contributed by atoms with van der Waals surface area (Å²) in [5.41, 5.74) is 2.64. The second-order valence-corrected chi connectivity index (χ2v) is 6.65. The smallest absolute Gasteiger partial charge is 0.0406 e. The Balaban J connectivity index is 1.88. The van der Waals surface area contributed by atoms with Crippen LogP contribution in [0, 0.1) is 0 Å². The van der Waals surface area contributed by atoms with Crippen molar-refractivity contribution in [3.63, 3.8) is 0 Å². The fraction of sp³-hybridized carbons (Fsp3) is 0.333. The molecule has 0 saturated heterocycles.